The summed E-state index contributed by atoms with van der Waals surface area (Å²) < 4.78 is 4.55. The summed E-state index contributed by atoms with van der Waals surface area (Å²) in [6, 6.07) is 0. The molecule has 0 aromatic rings. The van der Waals surface area contributed by atoms with Gasteiger partial charge in [-0.1, -0.05) is 6.92 Å². The molecule has 0 aliphatic carbocycles. The van der Waals surface area contributed by atoms with Crippen LogP contribution in [-0.2, 0) is 14.3 Å². The van der Waals surface area contributed by atoms with Crippen LogP contribution in [-0.4, -0.2) is 50.6 Å². The zero-order chi connectivity index (χ0) is 12.2. The Morgan fingerprint density at radius 3 is 2.62 bits per heavy atom. The van der Waals surface area contributed by atoms with E-state index < -0.39 is 0 Å². The number of hydrogen-bond donors (Lipinski definition) is 1. The van der Waals surface area contributed by atoms with Gasteiger partial charge in [-0.3, -0.25) is 9.59 Å². The van der Waals surface area contributed by atoms with Crippen molar-refractivity contribution in [2.24, 2.45) is 5.41 Å². The van der Waals surface area contributed by atoms with Gasteiger partial charge in [0, 0.05) is 13.6 Å². The minimum atomic E-state index is -0.381. The van der Waals surface area contributed by atoms with E-state index in [2.05, 4.69) is 10.1 Å². The Labute approximate surface area is 96.1 Å². The van der Waals surface area contributed by atoms with Crippen molar-refractivity contribution < 1.29 is 14.3 Å². The third-order valence-electron chi connectivity index (χ3n) is 3.31. The van der Waals surface area contributed by atoms with Crippen molar-refractivity contribution in [1.82, 2.24) is 10.2 Å². The molecule has 1 fully saturated rings. The lowest BCUT2D eigenvalue weighted by Gasteiger charge is -2.30. The molecular formula is C11H20N2O3. The number of methoxy groups -OCH3 is 1. The number of carbonyl (C=O) groups is 2. The van der Waals surface area contributed by atoms with Crippen molar-refractivity contribution in [3.8, 4) is 0 Å². The number of rotatable bonds is 4. The van der Waals surface area contributed by atoms with Crippen molar-refractivity contribution >= 4 is 11.9 Å². The standard InChI is InChI=1S/C11H20N2O3/c1-4-11(5-6-12-8-11)10(15)13(2)7-9(14)16-3/h12H,4-8H2,1-3H3. The summed E-state index contributed by atoms with van der Waals surface area (Å²) in [6.45, 7) is 3.60. The molecule has 1 rings (SSSR count). The fourth-order valence-electron chi connectivity index (χ4n) is 2.11. The molecule has 1 amide bonds. The first-order valence-corrected chi connectivity index (χ1v) is 5.59. The number of ether oxygens (including phenoxy) is 1. The summed E-state index contributed by atoms with van der Waals surface area (Å²) in [7, 11) is 2.97. The zero-order valence-corrected chi connectivity index (χ0v) is 10.2. The Bertz CT molecular complexity index is 272. The molecular weight excluding hydrogens is 208 g/mol. The Hall–Kier alpha value is -1.10. The van der Waals surface area contributed by atoms with Crippen LogP contribution in [0.5, 0.6) is 0 Å². The van der Waals surface area contributed by atoms with Gasteiger partial charge in [-0.25, -0.2) is 0 Å². The summed E-state index contributed by atoms with van der Waals surface area (Å²) in [5.74, 6) is -0.349. The summed E-state index contributed by atoms with van der Waals surface area (Å²) in [4.78, 5) is 24.8. The number of carbonyl (C=O) groups excluding carboxylic acids is 2. The van der Waals surface area contributed by atoms with Crippen LogP contribution < -0.4 is 5.32 Å². The Morgan fingerprint density at radius 2 is 2.19 bits per heavy atom. The molecule has 5 heteroatoms. The van der Waals surface area contributed by atoms with Gasteiger partial charge in [0.1, 0.15) is 6.54 Å². The number of amides is 1. The van der Waals surface area contributed by atoms with Gasteiger partial charge in [0.2, 0.25) is 5.91 Å². The van der Waals surface area contributed by atoms with Crippen molar-refractivity contribution in [2.75, 3.05) is 33.8 Å². The van der Waals surface area contributed by atoms with E-state index in [1.54, 1.807) is 7.05 Å². The molecule has 0 spiro atoms. The average molecular weight is 228 g/mol. The van der Waals surface area contributed by atoms with Crippen LogP contribution in [0.15, 0.2) is 0 Å². The first-order chi connectivity index (χ1) is 7.55. The minimum Gasteiger partial charge on any atom is -0.468 e. The van der Waals surface area contributed by atoms with E-state index in [1.165, 1.54) is 12.0 Å². The lowest BCUT2D eigenvalue weighted by atomic mass is 9.83. The average Bonchev–Trinajstić information content (AvgIpc) is 2.77. The molecule has 1 atom stereocenters. The Balaban J connectivity index is 2.64. The molecule has 1 aliphatic rings. The van der Waals surface area contributed by atoms with Crippen molar-refractivity contribution in [2.45, 2.75) is 19.8 Å². The molecule has 0 aromatic heterocycles. The molecule has 0 saturated carbocycles. The van der Waals surface area contributed by atoms with Gasteiger partial charge in [-0.15, -0.1) is 0 Å². The van der Waals surface area contributed by atoms with Crippen molar-refractivity contribution in [3.05, 3.63) is 0 Å². The van der Waals surface area contributed by atoms with Crippen LogP contribution in [0.2, 0.25) is 0 Å². The predicted molar refractivity (Wildman–Crippen MR) is 59.9 cm³/mol. The molecule has 1 heterocycles. The van der Waals surface area contributed by atoms with Crippen LogP contribution in [0.25, 0.3) is 0 Å². The highest BCUT2D eigenvalue weighted by molar-refractivity contribution is 5.86. The van der Waals surface area contributed by atoms with E-state index in [0.717, 1.165) is 19.4 Å². The van der Waals surface area contributed by atoms with E-state index in [9.17, 15) is 9.59 Å². The highest BCUT2D eigenvalue weighted by atomic mass is 16.5. The maximum atomic E-state index is 12.2. The van der Waals surface area contributed by atoms with Gasteiger partial charge in [-0.2, -0.15) is 0 Å². The fraction of sp³-hybridized carbons (Fsp3) is 0.818. The van der Waals surface area contributed by atoms with Crippen molar-refractivity contribution in [1.29, 1.82) is 0 Å². The number of likely N-dealkylation sites (N-methyl/N-ethyl adjacent to an activating group) is 1. The zero-order valence-electron chi connectivity index (χ0n) is 10.2. The van der Waals surface area contributed by atoms with Gasteiger partial charge in [-0.05, 0) is 19.4 Å². The maximum absolute atomic E-state index is 12.2. The highest BCUT2D eigenvalue weighted by Gasteiger charge is 2.41. The van der Waals surface area contributed by atoms with Crippen LogP contribution in [0.1, 0.15) is 19.8 Å². The lowest BCUT2D eigenvalue weighted by Crippen LogP contribution is -2.45. The van der Waals surface area contributed by atoms with E-state index in [4.69, 9.17) is 0 Å². The van der Waals surface area contributed by atoms with E-state index >= 15 is 0 Å². The number of hydrogen-bond acceptors (Lipinski definition) is 4. The highest BCUT2D eigenvalue weighted by Crippen LogP contribution is 2.31. The quantitative estimate of drug-likeness (QED) is 0.688. The van der Waals surface area contributed by atoms with E-state index in [0.29, 0.717) is 6.54 Å². The van der Waals surface area contributed by atoms with Crippen LogP contribution in [0.4, 0.5) is 0 Å². The SMILES string of the molecule is CCC1(C(=O)N(C)CC(=O)OC)CCNC1. The smallest absolute Gasteiger partial charge is 0.325 e. The van der Waals surface area contributed by atoms with Crippen LogP contribution >= 0.6 is 0 Å². The predicted octanol–water partition coefficient (Wildman–Crippen LogP) is 0.00750. The summed E-state index contributed by atoms with van der Waals surface area (Å²) in [6.07, 6.45) is 1.64. The number of esters is 1. The molecule has 1 N–H and O–H groups in total. The van der Waals surface area contributed by atoms with E-state index in [1.807, 2.05) is 6.92 Å². The number of nitrogens with one attached hydrogen (secondary N) is 1. The van der Waals surface area contributed by atoms with Crippen molar-refractivity contribution in [3.63, 3.8) is 0 Å². The van der Waals surface area contributed by atoms with Gasteiger partial charge in [0.15, 0.2) is 0 Å². The fourth-order valence-corrected chi connectivity index (χ4v) is 2.11. The first kappa shape index (κ1) is 13.0. The monoisotopic (exact) mass is 228 g/mol. The minimum absolute atomic E-state index is 0.0249. The normalized spacial score (nSPS) is 24.2. The molecule has 1 aliphatic heterocycles. The Kier molecular flexibility index (Phi) is 4.29. The largest absolute Gasteiger partial charge is 0.468 e. The molecule has 5 nitrogen and oxygen atoms in total. The third kappa shape index (κ3) is 2.52. The molecule has 1 unspecified atom stereocenters. The Morgan fingerprint density at radius 1 is 1.50 bits per heavy atom. The molecule has 92 valence electrons. The van der Waals surface area contributed by atoms with Gasteiger partial charge < -0.3 is 15.0 Å². The van der Waals surface area contributed by atoms with Gasteiger partial charge in [0.25, 0.3) is 0 Å². The lowest BCUT2D eigenvalue weighted by molar-refractivity contribution is -0.150. The van der Waals surface area contributed by atoms with Crippen LogP contribution in [0.3, 0.4) is 0 Å². The summed E-state index contributed by atoms with van der Waals surface area (Å²) in [5, 5.41) is 3.20. The van der Waals surface area contributed by atoms with Gasteiger partial charge in [0.05, 0.1) is 12.5 Å². The second kappa shape index (κ2) is 5.30. The van der Waals surface area contributed by atoms with E-state index in [-0.39, 0.29) is 23.8 Å². The molecule has 0 aromatic carbocycles. The maximum Gasteiger partial charge on any atom is 0.325 e. The second-order valence-electron chi connectivity index (χ2n) is 4.30. The third-order valence-corrected chi connectivity index (χ3v) is 3.31. The molecule has 0 radical (unpaired) electrons. The summed E-state index contributed by atoms with van der Waals surface area (Å²) in [5.41, 5.74) is -0.331. The second-order valence-corrected chi connectivity index (χ2v) is 4.30. The first-order valence-electron chi connectivity index (χ1n) is 5.59. The molecule has 1 saturated heterocycles. The van der Waals surface area contributed by atoms with Gasteiger partial charge >= 0.3 is 5.97 Å². The number of nitrogens with zero attached hydrogens (tertiary/aromatic N) is 1. The topological polar surface area (TPSA) is 58.6 Å². The van der Waals surface area contributed by atoms with Crippen LogP contribution in [0, 0.1) is 5.41 Å². The molecule has 0 bridgehead atoms. The molecule has 16 heavy (non-hydrogen) atoms. The summed E-state index contributed by atoms with van der Waals surface area (Å²) >= 11 is 0.